The minimum atomic E-state index is -0.0756. The van der Waals surface area contributed by atoms with E-state index < -0.39 is 0 Å². The minimum absolute atomic E-state index is 0.0756. The molecular weight excluding hydrogens is 496 g/mol. The molecule has 0 amide bonds. The van der Waals surface area contributed by atoms with Crippen molar-refractivity contribution in [1.29, 1.82) is 0 Å². The molecule has 0 radical (unpaired) electrons. The van der Waals surface area contributed by atoms with Crippen molar-refractivity contribution >= 4 is 11.6 Å². The van der Waals surface area contributed by atoms with Gasteiger partial charge in [0.2, 0.25) is 0 Å². The molecule has 0 bridgehead atoms. The Labute approximate surface area is 241 Å². The number of ether oxygens (including phenoxy) is 2. The summed E-state index contributed by atoms with van der Waals surface area (Å²) >= 11 is 0. The van der Waals surface area contributed by atoms with Crippen molar-refractivity contribution in [2.24, 2.45) is 0 Å². The summed E-state index contributed by atoms with van der Waals surface area (Å²) in [5, 5.41) is 0. The Morgan fingerprint density at radius 1 is 0.425 bits per heavy atom. The number of hydrogen-bond donors (Lipinski definition) is 0. The zero-order chi connectivity index (χ0) is 28.4. The van der Waals surface area contributed by atoms with Crippen molar-refractivity contribution in [3.63, 3.8) is 0 Å². The number of benzene rings is 3. The van der Waals surface area contributed by atoms with Crippen LogP contribution >= 0.6 is 0 Å². The third-order valence-corrected chi connectivity index (χ3v) is 7.18. The summed E-state index contributed by atoms with van der Waals surface area (Å²) in [4.78, 5) is 25.9. The van der Waals surface area contributed by atoms with Gasteiger partial charge in [-0.15, -0.1) is 0 Å². The highest BCUT2D eigenvalue weighted by Crippen LogP contribution is 2.19. The molecule has 0 fully saturated rings. The van der Waals surface area contributed by atoms with Crippen LogP contribution in [0.25, 0.3) is 0 Å². The lowest BCUT2D eigenvalue weighted by molar-refractivity contribution is 0.102. The van der Waals surface area contributed by atoms with Gasteiger partial charge in [0.1, 0.15) is 11.5 Å². The maximum atomic E-state index is 13.0. The summed E-state index contributed by atoms with van der Waals surface area (Å²) in [6.07, 6.45) is 14.7. The second-order valence-electron chi connectivity index (χ2n) is 10.5. The van der Waals surface area contributed by atoms with Gasteiger partial charge >= 0.3 is 0 Å². The Kier molecular flexibility index (Phi) is 14.0. The summed E-state index contributed by atoms with van der Waals surface area (Å²) in [5.41, 5.74) is 2.30. The van der Waals surface area contributed by atoms with Crippen LogP contribution in [0.3, 0.4) is 0 Å². The average molecular weight is 543 g/mol. The van der Waals surface area contributed by atoms with Gasteiger partial charge in [-0.25, -0.2) is 0 Å². The lowest BCUT2D eigenvalue weighted by Gasteiger charge is -2.08. The molecule has 4 nitrogen and oxygen atoms in total. The van der Waals surface area contributed by atoms with Gasteiger partial charge in [-0.2, -0.15) is 0 Å². The van der Waals surface area contributed by atoms with Crippen LogP contribution in [0.5, 0.6) is 11.5 Å². The first kappa shape index (κ1) is 31.1. The quantitative estimate of drug-likeness (QED) is 0.105. The van der Waals surface area contributed by atoms with Gasteiger partial charge in [0.05, 0.1) is 13.2 Å². The van der Waals surface area contributed by atoms with E-state index >= 15 is 0 Å². The van der Waals surface area contributed by atoms with Crippen LogP contribution < -0.4 is 9.47 Å². The Balaban J connectivity index is 1.44. The molecule has 0 atom stereocenters. The van der Waals surface area contributed by atoms with Crippen LogP contribution in [-0.4, -0.2) is 24.8 Å². The number of rotatable bonds is 20. The fraction of sp³-hybridized carbons (Fsp3) is 0.444. The third-order valence-electron chi connectivity index (χ3n) is 7.18. The van der Waals surface area contributed by atoms with E-state index in [9.17, 15) is 9.59 Å². The molecule has 0 aliphatic carbocycles. The van der Waals surface area contributed by atoms with Crippen molar-refractivity contribution in [2.75, 3.05) is 13.2 Å². The van der Waals surface area contributed by atoms with Crippen molar-refractivity contribution < 1.29 is 19.1 Å². The molecule has 0 aliphatic heterocycles. The Morgan fingerprint density at radius 3 is 1.02 bits per heavy atom. The van der Waals surface area contributed by atoms with Crippen molar-refractivity contribution in [1.82, 2.24) is 0 Å². The molecule has 3 rings (SSSR count). The first-order chi connectivity index (χ1) is 19.6. The fourth-order valence-electron chi connectivity index (χ4n) is 4.66. The van der Waals surface area contributed by atoms with E-state index in [0.717, 1.165) is 24.3 Å². The van der Waals surface area contributed by atoms with Crippen LogP contribution in [0.4, 0.5) is 0 Å². The van der Waals surface area contributed by atoms with E-state index in [1.807, 2.05) is 24.3 Å². The molecular formula is C36H46O4. The van der Waals surface area contributed by atoms with E-state index in [0.29, 0.717) is 35.5 Å². The number of hydrogen-bond acceptors (Lipinski definition) is 4. The molecule has 3 aromatic carbocycles. The lowest BCUT2D eigenvalue weighted by Crippen LogP contribution is -2.05. The Morgan fingerprint density at radius 2 is 0.700 bits per heavy atom. The van der Waals surface area contributed by atoms with E-state index in [1.165, 1.54) is 64.2 Å². The molecule has 0 N–H and O–H groups in total. The zero-order valence-corrected chi connectivity index (χ0v) is 24.5. The Bertz CT molecular complexity index is 1040. The highest BCUT2D eigenvalue weighted by atomic mass is 16.5. The predicted molar refractivity (Wildman–Crippen MR) is 164 cm³/mol. The molecule has 0 aliphatic rings. The number of ketones is 2. The van der Waals surface area contributed by atoms with Gasteiger partial charge in [0.25, 0.3) is 0 Å². The minimum Gasteiger partial charge on any atom is -0.494 e. The molecule has 4 heteroatoms. The van der Waals surface area contributed by atoms with Crippen molar-refractivity contribution in [3.05, 3.63) is 95.1 Å². The second kappa shape index (κ2) is 18.0. The molecule has 0 spiro atoms. The van der Waals surface area contributed by atoms with E-state index in [2.05, 4.69) is 13.8 Å². The van der Waals surface area contributed by atoms with Gasteiger partial charge in [-0.3, -0.25) is 9.59 Å². The number of unbranched alkanes of at least 4 members (excludes halogenated alkanes) is 10. The van der Waals surface area contributed by atoms with Gasteiger partial charge in [-0.05, 0) is 61.4 Å². The van der Waals surface area contributed by atoms with Gasteiger partial charge in [0, 0.05) is 22.3 Å². The molecule has 0 unspecified atom stereocenters. The topological polar surface area (TPSA) is 52.6 Å². The largest absolute Gasteiger partial charge is 0.494 e. The first-order valence-corrected chi connectivity index (χ1v) is 15.3. The lowest BCUT2D eigenvalue weighted by atomic mass is 9.98. The van der Waals surface area contributed by atoms with Crippen LogP contribution in [0.15, 0.2) is 72.8 Å². The molecule has 3 aromatic rings. The van der Waals surface area contributed by atoms with E-state index in [-0.39, 0.29) is 11.6 Å². The van der Waals surface area contributed by atoms with Crippen LogP contribution in [-0.2, 0) is 0 Å². The molecule has 0 heterocycles. The van der Waals surface area contributed by atoms with Crippen LogP contribution in [0, 0.1) is 0 Å². The van der Waals surface area contributed by atoms with Crippen LogP contribution in [0.1, 0.15) is 123 Å². The SMILES string of the molecule is CCCCCCCCOc1ccc(C(=O)c2ccc(C(=O)c3ccc(OCCCCCCCC)cc3)cc2)cc1. The summed E-state index contributed by atoms with van der Waals surface area (Å²) in [7, 11) is 0. The highest BCUT2D eigenvalue weighted by molar-refractivity contribution is 6.11. The molecule has 0 aromatic heterocycles. The summed E-state index contributed by atoms with van der Waals surface area (Å²) in [5.74, 6) is 1.41. The Hall–Kier alpha value is -3.40. The molecule has 214 valence electrons. The second-order valence-corrected chi connectivity index (χ2v) is 10.5. The van der Waals surface area contributed by atoms with Crippen LogP contribution in [0.2, 0.25) is 0 Å². The summed E-state index contributed by atoms with van der Waals surface area (Å²) in [6.45, 7) is 5.85. The molecule has 0 saturated carbocycles. The zero-order valence-electron chi connectivity index (χ0n) is 24.5. The van der Waals surface area contributed by atoms with Gasteiger partial charge < -0.3 is 9.47 Å². The summed E-state index contributed by atoms with van der Waals surface area (Å²) < 4.78 is 11.7. The maximum absolute atomic E-state index is 13.0. The number of carbonyl (C=O) groups excluding carboxylic acids is 2. The molecule has 0 saturated heterocycles. The van der Waals surface area contributed by atoms with Gasteiger partial charge in [0.15, 0.2) is 11.6 Å². The smallest absolute Gasteiger partial charge is 0.193 e. The number of carbonyl (C=O) groups is 2. The first-order valence-electron chi connectivity index (χ1n) is 15.3. The van der Waals surface area contributed by atoms with Gasteiger partial charge in [-0.1, -0.05) is 102 Å². The fourth-order valence-corrected chi connectivity index (χ4v) is 4.66. The monoisotopic (exact) mass is 542 g/mol. The van der Waals surface area contributed by atoms with E-state index in [1.54, 1.807) is 48.5 Å². The third kappa shape index (κ3) is 10.6. The van der Waals surface area contributed by atoms with Crippen molar-refractivity contribution in [3.8, 4) is 11.5 Å². The normalized spacial score (nSPS) is 10.8. The molecule has 40 heavy (non-hydrogen) atoms. The van der Waals surface area contributed by atoms with Crippen molar-refractivity contribution in [2.45, 2.75) is 90.9 Å². The summed E-state index contributed by atoms with van der Waals surface area (Å²) in [6, 6.07) is 21.5. The standard InChI is InChI=1S/C36H46O4/c1-3-5-7-9-11-13-27-39-33-23-19-31(20-24-33)35(37)29-15-17-30(18-16-29)36(38)32-21-25-34(26-22-32)40-28-14-12-10-8-6-4-2/h15-26H,3-14,27-28H2,1-2H3. The predicted octanol–water partition coefficient (Wildman–Crippen LogP) is 9.63. The average Bonchev–Trinajstić information content (AvgIpc) is 3.00. The highest BCUT2D eigenvalue weighted by Gasteiger charge is 2.13. The van der Waals surface area contributed by atoms with E-state index in [4.69, 9.17) is 9.47 Å². The maximum Gasteiger partial charge on any atom is 0.193 e.